The number of anilines is 1. The number of amides is 1. The number of hydrogen-bond donors (Lipinski definition) is 3. The first-order valence-electron chi connectivity index (χ1n) is 10.7. The average Bonchev–Trinajstić information content (AvgIpc) is 2.85. The molecule has 0 unspecified atom stereocenters. The van der Waals surface area contributed by atoms with Crippen LogP contribution in [0.1, 0.15) is 22.8 Å². The summed E-state index contributed by atoms with van der Waals surface area (Å²) in [5.74, 6) is -0.0544. The molecule has 0 radical (unpaired) electrons. The fourth-order valence-corrected chi connectivity index (χ4v) is 4.49. The van der Waals surface area contributed by atoms with E-state index in [1.807, 2.05) is 37.3 Å². The molecule has 4 rings (SSSR count). The molecule has 0 aliphatic heterocycles. The predicted octanol–water partition coefficient (Wildman–Crippen LogP) is 3.59. The van der Waals surface area contributed by atoms with Crippen molar-refractivity contribution in [2.45, 2.75) is 18.4 Å². The lowest BCUT2D eigenvalue weighted by Gasteiger charge is -2.12. The normalized spacial score (nSPS) is 11.2. The minimum absolute atomic E-state index is 0.0186. The van der Waals surface area contributed by atoms with E-state index in [9.17, 15) is 18.0 Å². The molecule has 1 heterocycles. The second kappa shape index (κ2) is 10.4. The van der Waals surface area contributed by atoms with Crippen molar-refractivity contribution in [2.75, 3.05) is 11.3 Å². The van der Waals surface area contributed by atoms with E-state index in [1.165, 1.54) is 18.2 Å². The Morgan fingerprint density at radius 3 is 2.43 bits per heavy atom. The third kappa shape index (κ3) is 5.86. The summed E-state index contributed by atoms with van der Waals surface area (Å²) in [7, 11) is -3.98. The minimum Gasteiger partial charge on any atom is -0.494 e. The van der Waals surface area contributed by atoms with Gasteiger partial charge in [-0.3, -0.25) is 19.1 Å². The van der Waals surface area contributed by atoms with E-state index in [2.05, 4.69) is 15.2 Å². The highest BCUT2D eigenvalue weighted by Crippen LogP contribution is 2.23. The van der Waals surface area contributed by atoms with E-state index in [1.54, 1.807) is 24.3 Å². The molecule has 0 saturated heterocycles. The number of hydroxylamine groups is 1. The number of benzene rings is 3. The molecular formula is C25H23N3O6S. The number of pyridine rings is 1. The summed E-state index contributed by atoms with van der Waals surface area (Å²) >= 11 is 0. The van der Waals surface area contributed by atoms with Gasteiger partial charge in [0.25, 0.3) is 15.9 Å². The molecule has 3 aromatic carbocycles. The first-order chi connectivity index (χ1) is 16.9. The topological polar surface area (TPSA) is 127 Å². The zero-order valence-corrected chi connectivity index (χ0v) is 19.6. The Morgan fingerprint density at radius 2 is 1.71 bits per heavy atom. The maximum Gasteiger partial charge on any atom is 0.275 e. The smallest absolute Gasteiger partial charge is 0.275 e. The number of fused-ring (bicyclic) bond motifs is 1. The van der Waals surface area contributed by atoms with Gasteiger partial charge in [-0.15, -0.1) is 0 Å². The Hall–Kier alpha value is -4.15. The van der Waals surface area contributed by atoms with Crippen molar-refractivity contribution in [3.05, 3.63) is 100 Å². The van der Waals surface area contributed by atoms with Gasteiger partial charge in [0.2, 0.25) is 5.56 Å². The Balaban J connectivity index is 1.58. The average molecular weight is 494 g/mol. The monoisotopic (exact) mass is 493 g/mol. The van der Waals surface area contributed by atoms with Crippen LogP contribution in [0.4, 0.5) is 5.69 Å². The molecule has 1 aromatic heterocycles. The molecule has 180 valence electrons. The molecule has 0 aliphatic rings. The van der Waals surface area contributed by atoms with Crippen LogP contribution in [0.3, 0.4) is 0 Å². The highest BCUT2D eigenvalue weighted by atomic mass is 32.2. The lowest BCUT2D eigenvalue weighted by atomic mass is 10.1. The first kappa shape index (κ1) is 24.0. The molecule has 0 bridgehead atoms. The van der Waals surface area contributed by atoms with Crippen molar-refractivity contribution in [3.8, 4) is 5.75 Å². The summed E-state index contributed by atoms with van der Waals surface area (Å²) in [5.41, 5.74) is 3.29. The van der Waals surface area contributed by atoms with Gasteiger partial charge in [0.15, 0.2) is 0 Å². The number of rotatable bonds is 9. The van der Waals surface area contributed by atoms with Crippen LogP contribution in [0.15, 0.2) is 88.6 Å². The summed E-state index contributed by atoms with van der Waals surface area (Å²) in [4.78, 5) is 32.7. The third-order valence-electron chi connectivity index (χ3n) is 5.03. The van der Waals surface area contributed by atoms with Gasteiger partial charge in [0.1, 0.15) is 5.75 Å². The molecular weight excluding hydrogens is 470 g/mol. The van der Waals surface area contributed by atoms with Crippen molar-refractivity contribution in [1.82, 2.24) is 10.5 Å². The molecule has 0 atom stereocenters. The number of H-pyrrole nitrogens is 1. The fourth-order valence-electron chi connectivity index (χ4n) is 3.40. The largest absolute Gasteiger partial charge is 0.494 e. The van der Waals surface area contributed by atoms with E-state index in [0.29, 0.717) is 23.6 Å². The van der Waals surface area contributed by atoms with Crippen molar-refractivity contribution in [1.29, 1.82) is 0 Å². The van der Waals surface area contributed by atoms with Crippen LogP contribution in [0.2, 0.25) is 0 Å². The van der Waals surface area contributed by atoms with Crippen LogP contribution in [0.25, 0.3) is 10.9 Å². The minimum atomic E-state index is -3.98. The van der Waals surface area contributed by atoms with Gasteiger partial charge in [0.05, 0.1) is 23.7 Å². The van der Waals surface area contributed by atoms with E-state index in [0.717, 1.165) is 11.6 Å². The van der Waals surface area contributed by atoms with Crippen LogP contribution in [0.5, 0.6) is 5.75 Å². The van der Waals surface area contributed by atoms with E-state index >= 15 is 0 Å². The van der Waals surface area contributed by atoms with Crippen LogP contribution in [-0.4, -0.2) is 25.9 Å². The summed E-state index contributed by atoms with van der Waals surface area (Å²) < 4.78 is 33.9. The van der Waals surface area contributed by atoms with Crippen molar-refractivity contribution < 1.29 is 22.8 Å². The number of nitrogens with one attached hydrogen (secondary N) is 3. The Morgan fingerprint density at radius 1 is 0.971 bits per heavy atom. The zero-order valence-electron chi connectivity index (χ0n) is 18.8. The summed E-state index contributed by atoms with van der Waals surface area (Å²) in [6.45, 7) is 2.48. The molecule has 35 heavy (non-hydrogen) atoms. The van der Waals surface area contributed by atoms with Crippen LogP contribution in [0, 0.1) is 0 Å². The number of hydrogen-bond acceptors (Lipinski definition) is 6. The number of carbonyl (C=O) groups is 1. The lowest BCUT2D eigenvalue weighted by Crippen LogP contribution is -2.25. The zero-order chi connectivity index (χ0) is 24.8. The molecule has 4 aromatic rings. The van der Waals surface area contributed by atoms with Gasteiger partial charge in [-0.25, -0.2) is 13.9 Å². The Kier molecular flexibility index (Phi) is 7.14. The number of sulfonamides is 1. The lowest BCUT2D eigenvalue weighted by molar-refractivity contribution is 0.0235. The molecule has 10 heteroatoms. The van der Waals surface area contributed by atoms with Gasteiger partial charge in [-0.1, -0.05) is 30.3 Å². The maximum atomic E-state index is 13.0. The number of aromatic nitrogens is 1. The van der Waals surface area contributed by atoms with Crippen molar-refractivity contribution >= 4 is 32.5 Å². The summed E-state index contributed by atoms with van der Waals surface area (Å²) in [6.07, 6.45) is 0. The molecule has 0 aliphatic carbocycles. The number of ether oxygens (including phenoxy) is 1. The molecule has 1 amide bonds. The fraction of sp³-hybridized carbons (Fsp3) is 0.120. The highest BCUT2D eigenvalue weighted by Gasteiger charge is 2.18. The summed E-state index contributed by atoms with van der Waals surface area (Å²) in [5, 5.41) is 0.250. The van der Waals surface area contributed by atoms with Crippen LogP contribution < -0.4 is 20.5 Å². The number of aromatic amines is 1. The van der Waals surface area contributed by atoms with Crippen LogP contribution in [-0.2, 0) is 21.5 Å². The van der Waals surface area contributed by atoms with Gasteiger partial charge in [-0.05, 0) is 55.0 Å². The second-order valence-corrected chi connectivity index (χ2v) is 9.21. The van der Waals surface area contributed by atoms with Crippen molar-refractivity contribution in [3.63, 3.8) is 0 Å². The number of carbonyl (C=O) groups excluding carboxylic acids is 1. The molecule has 0 fully saturated rings. The van der Waals surface area contributed by atoms with E-state index in [-0.39, 0.29) is 22.5 Å². The molecule has 9 nitrogen and oxygen atoms in total. The first-order valence-corrected chi connectivity index (χ1v) is 12.2. The van der Waals surface area contributed by atoms with Crippen LogP contribution >= 0.6 is 0 Å². The predicted molar refractivity (Wildman–Crippen MR) is 132 cm³/mol. The maximum absolute atomic E-state index is 13.0. The summed E-state index contributed by atoms with van der Waals surface area (Å²) in [6, 6.07) is 20.9. The molecule has 0 saturated carbocycles. The van der Waals surface area contributed by atoms with E-state index < -0.39 is 21.5 Å². The second-order valence-electron chi connectivity index (χ2n) is 7.52. The SMILES string of the molecule is CCOc1ccc(NS(=O)(=O)c2ccc3[nH]c(=O)cc(C(=O)NOCc4ccccc4)c3c2)cc1. The standard InChI is InChI=1S/C25H23N3O6S/c1-2-33-19-10-8-18(9-11-19)28-35(31,32)20-12-13-23-21(14-20)22(15-24(29)26-23)25(30)27-34-16-17-6-4-3-5-7-17/h3-15,28H,2,16H2,1H3,(H,26,29)(H,27,30). The van der Waals surface area contributed by atoms with Gasteiger partial charge in [-0.2, -0.15) is 0 Å². The molecule has 0 spiro atoms. The van der Waals surface area contributed by atoms with E-state index in [4.69, 9.17) is 9.57 Å². The Bertz CT molecular complexity index is 1500. The quantitative estimate of drug-likeness (QED) is 0.306. The van der Waals surface area contributed by atoms with Gasteiger partial charge in [0, 0.05) is 22.7 Å². The van der Waals surface area contributed by atoms with Gasteiger partial charge < -0.3 is 9.72 Å². The molecule has 3 N–H and O–H groups in total. The highest BCUT2D eigenvalue weighted by molar-refractivity contribution is 7.92. The van der Waals surface area contributed by atoms with Crippen molar-refractivity contribution in [2.24, 2.45) is 0 Å². The van der Waals surface area contributed by atoms with Gasteiger partial charge >= 0.3 is 0 Å². The third-order valence-corrected chi connectivity index (χ3v) is 6.41. The Labute approximate surface area is 201 Å².